The Balaban J connectivity index is 1.60. The van der Waals surface area contributed by atoms with Crippen molar-refractivity contribution >= 4 is 16.9 Å². The number of benzene rings is 1. The van der Waals surface area contributed by atoms with E-state index < -0.39 is 0 Å². The first-order chi connectivity index (χ1) is 14.5. The molecule has 3 aromatic rings. The summed E-state index contributed by atoms with van der Waals surface area (Å²) in [5, 5.41) is 7.21. The van der Waals surface area contributed by atoms with Crippen molar-refractivity contribution in [3.05, 3.63) is 35.5 Å². The van der Waals surface area contributed by atoms with Gasteiger partial charge in [-0.2, -0.15) is 0 Å². The van der Waals surface area contributed by atoms with E-state index in [9.17, 15) is 4.79 Å². The van der Waals surface area contributed by atoms with Crippen LogP contribution in [0.4, 0.5) is 0 Å². The smallest absolute Gasteiger partial charge is 0.220 e. The van der Waals surface area contributed by atoms with Crippen molar-refractivity contribution in [3.63, 3.8) is 0 Å². The van der Waals surface area contributed by atoms with Crippen LogP contribution >= 0.6 is 0 Å². The molecule has 158 valence electrons. The summed E-state index contributed by atoms with van der Waals surface area (Å²) in [6.07, 6.45) is 5.92. The molecule has 1 atom stereocenters. The SMILES string of the molecule is CO[C@H]1CC[C@H](n2c([C@@H]3CCC(=O)N3)nc3cc(-c4c(C)noc4C)ccc32)CC1. The maximum atomic E-state index is 11.9. The van der Waals surface area contributed by atoms with Crippen molar-refractivity contribution in [2.45, 2.75) is 70.6 Å². The van der Waals surface area contributed by atoms with Gasteiger partial charge in [-0.1, -0.05) is 11.2 Å². The van der Waals surface area contributed by atoms with E-state index in [0.717, 1.165) is 71.5 Å². The minimum atomic E-state index is -0.0208. The molecule has 2 aliphatic rings. The molecular formula is C23H28N4O3. The molecule has 1 amide bonds. The second kappa shape index (κ2) is 7.54. The maximum Gasteiger partial charge on any atom is 0.220 e. The molecule has 7 heteroatoms. The molecule has 1 aromatic carbocycles. The molecule has 5 rings (SSSR count). The van der Waals surface area contributed by atoms with E-state index in [0.29, 0.717) is 18.6 Å². The Hall–Kier alpha value is -2.67. The number of fused-ring (bicyclic) bond motifs is 1. The summed E-state index contributed by atoms with van der Waals surface area (Å²) in [6.45, 7) is 3.90. The largest absolute Gasteiger partial charge is 0.381 e. The molecule has 0 spiro atoms. The fraction of sp³-hybridized carbons (Fsp3) is 0.522. The van der Waals surface area contributed by atoms with Gasteiger partial charge in [-0.3, -0.25) is 4.79 Å². The molecule has 0 bridgehead atoms. The zero-order valence-electron chi connectivity index (χ0n) is 17.8. The predicted octanol–water partition coefficient (Wildman–Crippen LogP) is 4.39. The van der Waals surface area contributed by atoms with Gasteiger partial charge in [0.1, 0.15) is 11.6 Å². The van der Waals surface area contributed by atoms with Crippen LogP contribution in [0.25, 0.3) is 22.2 Å². The summed E-state index contributed by atoms with van der Waals surface area (Å²) >= 11 is 0. The molecule has 3 heterocycles. The quantitative estimate of drug-likeness (QED) is 0.692. The van der Waals surface area contributed by atoms with Crippen LogP contribution in [0.2, 0.25) is 0 Å². The van der Waals surface area contributed by atoms with Gasteiger partial charge in [0, 0.05) is 25.1 Å². The van der Waals surface area contributed by atoms with Crippen LogP contribution < -0.4 is 5.32 Å². The highest BCUT2D eigenvalue weighted by Crippen LogP contribution is 2.38. The summed E-state index contributed by atoms with van der Waals surface area (Å²) in [4.78, 5) is 17.0. The van der Waals surface area contributed by atoms with Crippen LogP contribution in [0.15, 0.2) is 22.7 Å². The normalized spacial score (nSPS) is 24.5. The molecule has 2 fully saturated rings. The van der Waals surface area contributed by atoms with Crippen molar-refractivity contribution in [2.75, 3.05) is 7.11 Å². The van der Waals surface area contributed by atoms with Crippen molar-refractivity contribution in [3.8, 4) is 11.1 Å². The van der Waals surface area contributed by atoms with Crippen LogP contribution in [0.1, 0.15) is 67.9 Å². The summed E-state index contributed by atoms with van der Waals surface area (Å²) in [7, 11) is 1.80. The summed E-state index contributed by atoms with van der Waals surface area (Å²) < 4.78 is 13.3. The zero-order chi connectivity index (χ0) is 20.8. The fourth-order valence-electron chi connectivity index (χ4n) is 5.14. The van der Waals surface area contributed by atoms with Gasteiger partial charge >= 0.3 is 0 Å². The highest BCUT2D eigenvalue weighted by Gasteiger charge is 2.32. The van der Waals surface area contributed by atoms with E-state index >= 15 is 0 Å². The van der Waals surface area contributed by atoms with Gasteiger partial charge in [0.2, 0.25) is 5.91 Å². The van der Waals surface area contributed by atoms with Crippen molar-refractivity contribution in [2.24, 2.45) is 0 Å². The number of nitrogens with one attached hydrogen (secondary N) is 1. The van der Waals surface area contributed by atoms with Gasteiger partial charge in [-0.05, 0) is 63.6 Å². The first-order valence-electron chi connectivity index (χ1n) is 10.8. The number of aryl methyl sites for hydroxylation is 2. The second-order valence-electron chi connectivity index (χ2n) is 8.57. The molecule has 1 N–H and O–H groups in total. The molecule has 0 radical (unpaired) electrons. The molecule has 1 aliphatic carbocycles. The number of hydrogen-bond acceptors (Lipinski definition) is 5. The third-order valence-electron chi connectivity index (χ3n) is 6.69. The highest BCUT2D eigenvalue weighted by atomic mass is 16.5. The van der Waals surface area contributed by atoms with E-state index in [1.165, 1.54) is 0 Å². The standard InChI is InChI=1S/C23H28N4O3/c1-13-22(14(2)30-26-13)15-4-10-20-19(12-15)25-23(18-9-11-21(28)24-18)27(20)16-5-7-17(29-3)8-6-16/h4,10,12,16-18H,5-9,11H2,1-3H3,(H,24,28)/t16-,17-,18-/m0/s1. The summed E-state index contributed by atoms with van der Waals surface area (Å²) in [6, 6.07) is 6.77. The van der Waals surface area contributed by atoms with Gasteiger partial charge in [0.05, 0.1) is 28.9 Å². The Bertz CT molecular complexity index is 1070. The van der Waals surface area contributed by atoms with E-state index in [4.69, 9.17) is 14.2 Å². The van der Waals surface area contributed by atoms with E-state index in [1.807, 2.05) is 13.8 Å². The molecule has 30 heavy (non-hydrogen) atoms. The maximum absolute atomic E-state index is 11.9. The second-order valence-corrected chi connectivity index (χ2v) is 8.57. The van der Waals surface area contributed by atoms with E-state index in [-0.39, 0.29) is 11.9 Å². The van der Waals surface area contributed by atoms with Crippen LogP contribution in [-0.2, 0) is 9.53 Å². The number of hydrogen-bond donors (Lipinski definition) is 1. The van der Waals surface area contributed by atoms with Crippen molar-refractivity contribution in [1.29, 1.82) is 0 Å². The lowest BCUT2D eigenvalue weighted by Gasteiger charge is -2.30. The Labute approximate surface area is 175 Å². The van der Waals surface area contributed by atoms with Gasteiger partial charge in [0.25, 0.3) is 0 Å². The Kier molecular flexibility index (Phi) is 4.85. The lowest BCUT2D eigenvalue weighted by Crippen LogP contribution is -2.27. The average molecular weight is 409 g/mol. The number of amides is 1. The molecule has 1 saturated heterocycles. The lowest BCUT2D eigenvalue weighted by molar-refractivity contribution is -0.119. The number of imidazole rings is 1. The summed E-state index contributed by atoms with van der Waals surface area (Å²) in [5.41, 5.74) is 5.06. The molecular weight excluding hydrogens is 380 g/mol. The topological polar surface area (TPSA) is 82.2 Å². The van der Waals surface area contributed by atoms with Crippen LogP contribution in [-0.4, -0.2) is 33.8 Å². The first-order valence-corrected chi connectivity index (χ1v) is 10.8. The van der Waals surface area contributed by atoms with Crippen LogP contribution in [0, 0.1) is 13.8 Å². The molecule has 1 aliphatic heterocycles. The van der Waals surface area contributed by atoms with Crippen molar-refractivity contribution in [1.82, 2.24) is 20.0 Å². The first kappa shape index (κ1) is 19.3. The van der Waals surface area contributed by atoms with E-state index in [2.05, 4.69) is 33.2 Å². The average Bonchev–Trinajstić information content (AvgIpc) is 3.44. The Morgan fingerprint density at radius 3 is 2.60 bits per heavy atom. The minimum Gasteiger partial charge on any atom is -0.381 e. The third kappa shape index (κ3) is 3.21. The lowest BCUT2D eigenvalue weighted by atomic mass is 9.92. The highest BCUT2D eigenvalue weighted by molar-refractivity contribution is 5.84. The number of carbonyl (C=O) groups excluding carboxylic acids is 1. The van der Waals surface area contributed by atoms with Gasteiger partial charge in [0.15, 0.2) is 0 Å². The van der Waals surface area contributed by atoms with Crippen LogP contribution in [0.3, 0.4) is 0 Å². The Morgan fingerprint density at radius 1 is 1.17 bits per heavy atom. The number of methoxy groups -OCH3 is 1. The molecule has 7 nitrogen and oxygen atoms in total. The molecule has 0 unspecified atom stereocenters. The van der Waals surface area contributed by atoms with Crippen LogP contribution in [0.5, 0.6) is 0 Å². The number of ether oxygens (including phenoxy) is 1. The van der Waals surface area contributed by atoms with E-state index in [1.54, 1.807) is 7.11 Å². The number of aromatic nitrogens is 3. The third-order valence-corrected chi connectivity index (χ3v) is 6.69. The molecule has 2 aromatic heterocycles. The van der Waals surface area contributed by atoms with Gasteiger partial charge < -0.3 is 19.1 Å². The molecule has 1 saturated carbocycles. The fourth-order valence-corrected chi connectivity index (χ4v) is 5.14. The Morgan fingerprint density at radius 2 is 1.97 bits per heavy atom. The summed E-state index contributed by atoms with van der Waals surface area (Å²) in [5.74, 6) is 1.90. The monoisotopic (exact) mass is 408 g/mol. The number of carbonyl (C=O) groups is 1. The number of nitrogens with zero attached hydrogens (tertiary/aromatic N) is 3. The predicted molar refractivity (Wildman–Crippen MR) is 113 cm³/mol. The van der Waals surface area contributed by atoms with Gasteiger partial charge in [-0.25, -0.2) is 4.98 Å². The minimum absolute atomic E-state index is 0.0208. The van der Waals surface area contributed by atoms with Crippen molar-refractivity contribution < 1.29 is 14.1 Å². The van der Waals surface area contributed by atoms with Gasteiger partial charge in [-0.15, -0.1) is 0 Å². The number of rotatable bonds is 4. The zero-order valence-corrected chi connectivity index (χ0v) is 17.8.